The molecule has 2 rings (SSSR count). The predicted molar refractivity (Wildman–Crippen MR) is 97.1 cm³/mol. The predicted octanol–water partition coefficient (Wildman–Crippen LogP) is 3.25. The Bertz CT molecular complexity index is 803. The van der Waals surface area contributed by atoms with Gasteiger partial charge in [-0.1, -0.05) is 0 Å². The van der Waals surface area contributed by atoms with Crippen LogP contribution in [0, 0.1) is 10.1 Å². The summed E-state index contributed by atoms with van der Waals surface area (Å²) < 4.78 is 10.9. The molecule has 10 heteroatoms. The molecular formula is C15H14N2O6S2. The van der Waals surface area contributed by atoms with Crippen LogP contribution in [0.4, 0.5) is 5.69 Å². The highest BCUT2D eigenvalue weighted by molar-refractivity contribution is 8.45. The van der Waals surface area contributed by atoms with Gasteiger partial charge in [-0.25, -0.2) is 4.99 Å². The Hall–Kier alpha value is -2.33. The number of benzene rings is 1. The number of rotatable bonds is 5. The number of nitrogens with zero attached hydrogens (tertiary/aromatic N) is 2. The van der Waals surface area contributed by atoms with Crippen LogP contribution in [0.5, 0.6) is 11.5 Å². The van der Waals surface area contributed by atoms with Gasteiger partial charge < -0.3 is 9.47 Å². The third-order valence-electron chi connectivity index (χ3n) is 2.88. The van der Waals surface area contributed by atoms with Crippen molar-refractivity contribution < 1.29 is 24.0 Å². The fourth-order valence-electron chi connectivity index (χ4n) is 1.97. The van der Waals surface area contributed by atoms with Crippen LogP contribution in [0.25, 0.3) is 6.08 Å². The fourth-order valence-corrected chi connectivity index (χ4v) is 3.23. The molecule has 1 aromatic carbocycles. The Morgan fingerprint density at radius 2 is 2.20 bits per heavy atom. The Balaban J connectivity index is 2.56. The van der Waals surface area contributed by atoms with Crippen molar-refractivity contribution in [3.8, 4) is 11.5 Å². The van der Waals surface area contributed by atoms with Crippen LogP contribution in [0.1, 0.15) is 19.4 Å². The molecule has 0 fully saturated rings. The normalized spacial score (nSPS) is 15.2. The molecule has 0 saturated heterocycles. The minimum absolute atomic E-state index is 0.0471. The zero-order valence-corrected chi connectivity index (χ0v) is 15.2. The van der Waals surface area contributed by atoms with Crippen molar-refractivity contribution in [1.82, 2.24) is 0 Å². The number of nitro groups is 1. The molecule has 0 aromatic heterocycles. The topological polar surface area (TPSA) is 108 Å². The van der Waals surface area contributed by atoms with Crippen molar-refractivity contribution >= 4 is 50.7 Å². The van der Waals surface area contributed by atoms with E-state index in [1.807, 2.05) is 0 Å². The molecule has 8 nitrogen and oxygen atoms in total. The van der Waals surface area contributed by atoms with E-state index >= 15 is 0 Å². The first kappa shape index (κ1) is 19.0. The Morgan fingerprint density at radius 1 is 1.48 bits per heavy atom. The van der Waals surface area contributed by atoms with Crippen LogP contribution >= 0.6 is 23.5 Å². The van der Waals surface area contributed by atoms with Gasteiger partial charge in [-0.3, -0.25) is 19.7 Å². The molecule has 0 unspecified atom stereocenters. The molecule has 0 radical (unpaired) electrons. The van der Waals surface area contributed by atoms with E-state index in [2.05, 4.69) is 4.99 Å². The number of nitro benzene ring substituents is 1. The van der Waals surface area contributed by atoms with Gasteiger partial charge in [-0.05, 0) is 42.6 Å². The summed E-state index contributed by atoms with van der Waals surface area (Å²) in [5, 5.41) is 11.1. The van der Waals surface area contributed by atoms with Gasteiger partial charge in [0.2, 0.25) is 10.9 Å². The third-order valence-corrected chi connectivity index (χ3v) is 4.73. The van der Waals surface area contributed by atoms with Gasteiger partial charge >= 0.3 is 11.7 Å². The zero-order valence-electron chi connectivity index (χ0n) is 13.6. The largest absolute Gasteiger partial charge is 0.490 e. The summed E-state index contributed by atoms with van der Waals surface area (Å²) in [6.45, 7) is 3.05. The monoisotopic (exact) mass is 382 g/mol. The highest BCUT2D eigenvalue weighted by Crippen LogP contribution is 2.40. The molecular weight excluding hydrogens is 368 g/mol. The number of carbonyl (C=O) groups excluding carboxylic acids is 2. The standard InChI is InChI=1S/C15H14N2O6S2/c1-4-22-12-7-9(5-10-14(19)25-15(16-10)24-3)6-11(17(20)21)13(12)23-8(2)18/h5-7H,4H2,1-3H3. The lowest BCUT2D eigenvalue weighted by molar-refractivity contribution is -0.385. The van der Waals surface area contributed by atoms with E-state index in [4.69, 9.17) is 9.47 Å². The van der Waals surface area contributed by atoms with Crippen LogP contribution in [0.3, 0.4) is 0 Å². The van der Waals surface area contributed by atoms with Gasteiger partial charge in [-0.2, -0.15) is 0 Å². The smallest absolute Gasteiger partial charge is 0.316 e. The van der Waals surface area contributed by atoms with E-state index in [1.54, 1.807) is 13.2 Å². The third kappa shape index (κ3) is 4.60. The molecule has 0 amide bonds. The highest BCUT2D eigenvalue weighted by atomic mass is 32.2. The van der Waals surface area contributed by atoms with Crippen LogP contribution in [0.2, 0.25) is 0 Å². The Labute approximate surface area is 151 Å². The lowest BCUT2D eigenvalue weighted by Crippen LogP contribution is -2.07. The molecule has 0 saturated carbocycles. The number of ether oxygens (including phenoxy) is 2. The molecule has 25 heavy (non-hydrogen) atoms. The van der Waals surface area contributed by atoms with E-state index in [1.165, 1.54) is 30.0 Å². The van der Waals surface area contributed by atoms with Crippen molar-refractivity contribution in [2.45, 2.75) is 13.8 Å². The molecule has 0 bridgehead atoms. The summed E-state index contributed by atoms with van der Waals surface area (Å²) in [5.74, 6) is -0.917. The quantitative estimate of drug-likeness (QED) is 0.251. The second kappa shape index (κ2) is 8.17. The van der Waals surface area contributed by atoms with Crippen molar-refractivity contribution in [2.24, 2.45) is 4.99 Å². The Kier molecular flexibility index (Phi) is 6.21. The van der Waals surface area contributed by atoms with Crippen LogP contribution in [0.15, 0.2) is 22.8 Å². The number of thioether (sulfide) groups is 2. The molecule has 1 aliphatic heterocycles. The lowest BCUT2D eigenvalue weighted by atomic mass is 10.1. The van der Waals surface area contributed by atoms with E-state index < -0.39 is 16.6 Å². The van der Waals surface area contributed by atoms with Gasteiger partial charge in [0.05, 0.1) is 11.5 Å². The summed E-state index contributed by atoms with van der Waals surface area (Å²) in [6, 6.07) is 2.67. The van der Waals surface area contributed by atoms with Crippen molar-refractivity contribution in [3.63, 3.8) is 0 Å². The average Bonchev–Trinajstić information content (AvgIpc) is 2.89. The van der Waals surface area contributed by atoms with Crippen molar-refractivity contribution in [3.05, 3.63) is 33.5 Å². The Morgan fingerprint density at radius 3 is 2.72 bits per heavy atom. The van der Waals surface area contributed by atoms with E-state index in [0.717, 1.165) is 18.7 Å². The number of hydrogen-bond donors (Lipinski definition) is 0. The maximum Gasteiger partial charge on any atom is 0.316 e. The van der Waals surface area contributed by atoms with Crippen molar-refractivity contribution in [1.29, 1.82) is 0 Å². The minimum Gasteiger partial charge on any atom is -0.490 e. The molecule has 0 atom stereocenters. The van der Waals surface area contributed by atoms with Crippen LogP contribution < -0.4 is 9.47 Å². The summed E-state index contributed by atoms with van der Waals surface area (Å²) in [5.41, 5.74) is 0.104. The molecule has 132 valence electrons. The molecule has 0 spiro atoms. The molecule has 1 heterocycles. The minimum atomic E-state index is -0.702. The van der Waals surface area contributed by atoms with E-state index in [-0.39, 0.29) is 28.9 Å². The van der Waals surface area contributed by atoms with E-state index in [0.29, 0.717) is 9.94 Å². The number of carbonyl (C=O) groups is 2. The maximum atomic E-state index is 11.9. The molecule has 0 N–H and O–H groups in total. The number of hydrogen-bond acceptors (Lipinski definition) is 9. The van der Waals surface area contributed by atoms with Gasteiger partial charge in [0.15, 0.2) is 5.75 Å². The molecule has 1 aliphatic rings. The van der Waals surface area contributed by atoms with Gasteiger partial charge in [0, 0.05) is 13.0 Å². The number of aliphatic imine (C=N–C) groups is 1. The summed E-state index contributed by atoms with van der Waals surface area (Å²) in [7, 11) is 0. The van der Waals surface area contributed by atoms with Crippen LogP contribution in [-0.2, 0) is 9.59 Å². The SMILES string of the molecule is CCOc1cc(C=C2N=C(SC)SC2=O)cc([N+](=O)[O-])c1OC(C)=O. The fraction of sp³-hybridized carbons (Fsp3) is 0.267. The number of esters is 1. The average molecular weight is 382 g/mol. The first-order valence-corrected chi connectivity index (χ1v) is 9.10. The van der Waals surface area contributed by atoms with E-state index in [9.17, 15) is 19.7 Å². The van der Waals surface area contributed by atoms with Gasteiger partial charge in [0.25, 0.3) is 0 Å². The summed E-state index contributed by atoms with van der Waals surface area (Å²) in [4.78, 5) is 38.0. The second-order valence-corrected chi connectivity index (χ2v) is 6.67. The lowest BCUT2D eigenvalue weighted by Gasteiger charge is -2.11. The first-order valence-electron chi connectivity index (χ1n) is 7.06. The summed E-state index contributed by atoms with van der Waals surface area (Å²) >= 11 is 2.34. The van der Waals surface area contributed by atoms with Gasteiger partial charge in [-0.15, -0.1) is 11.8 Å². The van der Waals surface area contributed by atoms with Crippen LogP contribution in [-0.4, -0.2) is 33.2 Å². The second-order valence-electron chi connectivity index (χ2n) is 4.65. The first-order chi connectivity index (χ1) is 11.8. The van der Waals surface area contributed by atoms with Gasteiger partial charge in [0.1, 0.15) is 10.1 Å². The molecule has 1 aromatic rings. The van der Waals surface area contributed by atoms with Crippen molar-refractivity contribution in [2.75, 3.05) is 12.9 Å². The maximum absolute atomic E-state index is 11.9. The highest BCUT2D eigenvalue weighted by Gasteiger charge is 2.26. The zero-order chi connectivity index (χ0) is 18.6. The molecule has 0 aliphatic carbocycles. The summed E-state index contributed by atoms with van der Waals surface area (Å²) in [6.07, 6.45) is 3.24.